The number of allylic oxidation sites excluding steroid dienone is 6. The Morgan fingerprint density at radius 2 is 0.967 bits per heavy atom. The summed E-state index contributed by atoms with van der Waals surface area (Å²) in [6.45, 7) is 1.58. The van der Waals surface area contributed by atoms with Crippen LogP contribution in [0, 0.1) is 0 Å². The van der Waals surface area contributed by atoms with Crippen LogP contribution in [0.3, 0.4) is 0 Å². The van der Waals surface area contributed by atoms with Crippen molar-refractivity contribution in [3.05, 3.63) is 36.5 Å². The Labute approximate surface area is 361 Å². The Morgan fingerprint density at radius 3 is 1.55 bits per heavy atom. The fourth-order valence-electron chi connectivity index (χ4n) is 5.97. The molecule has 0 aliphatic heterocycles. The maximum absolute atomic E-state index is 12.7. The van der Waals surface area contributed by atoms with Gasteiger partial charge in [-0.3, -0.25) is 28.0 Å². The number of carbonyl (C=O) groups is 3. The van der Waals surface area contributed by atoms with Crippen LogP contribution >= 0.6 is 15.6 Å². The van der Waals surface area contributed by atoms with Gasteiger partial charge in [0.25, 0.3) is 0 Å². The van der Waals surface area contributed by atoms with Gasteiger partial charge in [0, 0.05) is 19.3 Å². The highest BCUT2D eigenvalue weighted by Crippen LogP contribution is 2.43. The van der Waals surface area contributed by atoms with Gasteiger partial charge in [-0.15, -0.1) is 0 Å². The van der Waals surface area contributed by atoms with Crippen molar-refractivity contribution in [1.29, 1.82) is 0 Å². The minimum absolute atomic E-state index is 0.0870. The molecular weight excluding hydrogens is 814 g/mol. The molecule has 0 aromatic heterocycles. The number of rotatable bonds is 43. The van der Waals surface area contributed by atoms with E-state index in [4.69, 9.17) is 23.8 Å². The molecule has 0 rings (SSSR count). The van der Waals surface area contributed by atoms with Crippen LogP contribution in [-0.2, 0) is 46.6 Å². The highest BCUT2D eigenvalue weighted by Gasteiger charge is 2.28. The molecule has 0 aliphatic carbocycles. The van der Waals surface area contributed by atoms with E-state index in [1.54, 1.807) is 12.2 Å². The zero-order valence-corrected chi connectivity index (χ0v) is 38.6. The minimum atomic E-state index is -4.88. The number of hydrogen-bond acceptors (Lipinski definition) is 11. The van der Waals surface area contributed by atoms with Crippen LogP contribution < -0.4 is 0 Å². The number of phosphoric acid groups is 2. The first-order chi connectivity index (χ1) is 28.8. The molecule has 0 spiro atoms. The van der Waals surface area contributed by atoms with E-state index in [1.807, 2.05) is 6.08 Å². The van der Waals surface area contributed by atoms with Crippen molar-refractivity contribution in [3.8, 4) is 0 Å². The van der Waals surface area contributed by atoms with Gasteiger partial charge >= 0.3 is 27.6 Å². The van der Waals surface area contributed by atoms with Crippen molar-refractivity contribution in [2.24, 2.45) is 0 Å². The number of carbonyl (C=O) groups excluding carboxylic acids is 3. The van der Waals surface area contributed by atoms with Crippen molar-refractivity contribution < 1.29 is 66.3 Å². The maximum atomic E-state index is 12.7. The Kier molecular flexibility index (Phi) is 38.5. The summed E-state index contributed by atoms with van der Waals surface area (Å²) in [7, 11) is -9.71. The number of ketones is 1. The molecule has 0 heterocycles. The quantitative estimate of drug-likeness (QED) is 0.0112. The summed E-state index contributed by atoms with van der Waals surface area (Å²) in [4.78, 5) is 64.8. The summed E-state index contributed by atoms with van der Waals surface area (Å²) in [5, 5.41) is 9.75. The summed E-state index contributed by atoms with van der Waals surface area (Å²) < 4.78 is 47.7. The van der Waals surface area contributed by atoms with Crippen molar-refractivity contribution in [2.45, 2.75) is 199 Å². The van der Waals surface area contributed by atoms with E-state index in [-0.39, 0.29) is 18.6 Å². The van der Waals surface area contributed by atoms with E-state index in [1.165, 1.54) is 70.6 Å². The molecule has 60 heavy (non-hydrogen) atoms. The lowest BCUT2D eigenvalue weighted by Crippen LogP contribution is -2.30. The summed E-state index contributed by atoms with van der Waals surface area (Å²) >= 11 is 0. The Hall–Kier alpha value is -1.99. The molecule has 3 atom stereocenters. The Morgan fingerprint density at radius 1 is 0.517 bits per heavy atom. The van der Waals surface area contributed by atoms with Crippen molar-refractivity contribution >= 4 is 33.4 Å². The minimum Gasteiger partial charge on any atom is -0.462 e. The number of phosphoric ester groups is 2. The molecule has 0 bridgehead atoms. The molecule has 14 nitrogen and oxygen atoms in total. The average Bonchev–Trinajstić information content (AvgIpc) is 3.20. The molecule has 0 saturated heterocycles. The predicted molar refractivity (Wildman–Crippen MR) is 235 cm³/mol. The number of hydrogen-bond donors (Lipinski definition) is 4. The molecule has 0 aromatic rings. The molecule has 0 saturated carbocycles. The Balaban J connectivity index is 4.57. The number of ether oxygens (including phenoxy) is 2. The van der Waals surface area contributed by atoms with Gasteiger partial charge in [-0.25, -0.2) is 9.13 Å². The molecule has 350 valence electrons. The molecule has 0 aromatic carbocycles. The first-order valence-electron chi connectivity index (χ1n) is 22.6. The largest absolute Gasteiger partial charge is 0.472 e. The van der Waals surface area contributed by atoms with Gasteiger partial charge in [0.2, 0.25) is 0 Å². The SMILES string of the molecule is CCCCC/C=C\C=C\C(=O)CCCCCCCC(=O)OC[C@H](COP(=O)(O)OC[C@@H](O)COP(=O)(O)O)OC(=O)CCCCCCCCC/C=C\CCCCCCCC. The van der Waals surface area contributed by atoms with Crippen molar-refractivity contribution in [2.75, 3.05) is 26.4 Å². The lowest BCUT2D eigenvalue weighted by molar-refractivity contribution is -0.161. The van der Waals surface area contributed by atoms with Crippen LogP contribution in [-0.4, -0.2) is 76.1 Å². The molecule has 0 aliphatic rings. The van der Waals surface area contributed by atoms with E-state index in [0.717, 1.165) is 70.6 Å². The van der Waals surface area contributed by atoms with Gasteiger partial charge in [0.1, 0.15) is 12.7 Å². The second kappa shape index (κ2) is 39.8. The number of esters is 2. The number of aliphatic hydroxyl groups excluding tert-OH is 1. The van der Waals surface area contributed by atoms with Gasteiger partial charge in [0.05, 0.1) is 19.8 Å². The van der Waals surface area contributed by atoms with E-state index >= 15 is 0 Å². The summed E-state index contributed by atoms with van der Waals surface area (Å²) in [6, 6.07) is 0. The third kappa shape index (κ3) is 42.7. The first-order valence-corrected chi connectivity index (χ1v) is 25.7. The lowest BCUT2D eigenvalue weighted by Gasteiger charge is -2.20. The maximum Gasteiger partial charge on any atom is 0.472 e. The van der Waals surface area contributed by atoms with Crippen LogP contribution in [0.15, 0.2) is 36.5 Å². The highest BCUT2D eigenvalue weighted by molar-refractivity contribution is 7.47. The van der Waals surface area contributed by atoms with Crippen LogP contribution in [0.2, 0.25) is 0 Å². The van der Waals surface area contributed by atoms with Crippen LogP contribution in [0.1, 0.15) is 187 Å². The summed E-state index contributed by atoms with van der Waals surface area (Å²) in [6.07, 6.45) is 35.2. The second-order valence-electron chi connectivity index (χ2n) is 15.4. The molecule has 0 fully saturated rings. The first kappa shape index (κ1) is 58.0. The molecular formula is C44H80O14P2. The second-order valence-corrected chi connectivity index (χ2v) is 18.0. The van der Waals surface area contributed by atoms with Crippen LogP contribution in [0.4, 0.5) is 0 Å². The number of unbranched alkanes of at least 4 members (excludes halogenated alkanes) is 20. The fraction of sp³-hybridized carbons (Fsp3) is 0.795. The van der Waals surface area contributed by atoms with Crippen molar-refractivity contribution in [3.63, 3.8) is 0 Å². The normalized spacial score (nSPS) is 14.2. The molecule has 0 amide bonds. The lowest BCUT2D eigenvalue weighted by atomic mass is 10.1. The predicted octanol–water partition coefficient (Wildman–Crippen LogP) is 10.9. The zero-order chi connectivity index (χ0) is 44.6. The smallest absolute Gasteiger partial charge is 0.462 e. The molecule has 4 N–H and O–H groups in total. The van der Waals surface area contributed by atoms with Gasteiger partial charge in [-0.05, 0) is 63.9 Å². The van der Waals surface area contributed by atoms with Gasteiger partial charge in [-0.1, -0.05) is 141 Å². The Bertz CT molecular complexity index is 1270. The van der Waals surface area contributed by atoms with Crippen LogP contribution in [0.25, 0.3) is 0 Å². The molecule has 1 unspecified atom stereocenters. The van der Waals surface area contributed by atoms with E-state index in [9.17, 15) is 33.5 Å². The zero-order valence-electron chi connectivity index (χ0n) is 36.8. The standard InChI is InChI=1S/C44H80O14P2/c1-3-5-7-9-11-12-13-14-15-16-17-18-19-20-22-26-31-35-44(48)58-42(39-57-60(52,53)56-37-41(46)36-55-59(49,50)51)38-54-43(47)34-30-27-23-25-29-33-40(45)32-28-24-21-10-8-6-4-2/h14-15,21,24,28,32,41-42,46H,3-13,16-20,22-23,25-27,29-31,33-39H2,1-2H3,(H,52,53)(H2,49,50,51)/b15-14-,24-21-,32-28+/t41-,42+/m0/s1. The molecule has 0 radical (unpaired) electrons. The van der Waals surface area contributed by atoms with Crippen LogP contribution in [0.5, 0.6) is 0 Å². The summed E-state index contributed by atoms with van der Waals surface area (Å²) in [5.41, 5.74) is 0. The topological polar surface area (TPSA) is 212 Å². The van der Waals surface area contributed by atoms with E-state index < -0.39 is 66.2 Å². The third-order valence-corrected chi connectivity index (χ3v) is 10.9. The highest BCUT2D eigenvalue weighted by atomic mass is 31.2. The van der Waals surface area contributed by atoms with Crippen molar-refractivity contribution in [1.82, 2.24) is 0 Å². The van der Waals surface area contributed by atoms with Gasteiger partial charge in [0.15, 0.2) is 11.9 Å². The monoisotopic (exact) mass is 895 g/mol. The van der Waals surface area contributed by atoms with E-state index in [2.05, 4.69) is 41.1 Å². The fourth-order valence-corrected chi connectivity index (χ4v) is 7.13. The summed E-state index contributed by atoms with van der Waals surface area (Å²) in [5.74, 6) is -1.04. The number of aliphatic hydroxyl groups is 1. The van der Waals surface area contributed by atoms with Gasteiger partial charge < -0.3 is 29.3 Å². The average molecular weight is 895 g/mol. The third-order valence-electron chi connectivity index (χ3n) is 9.47. The molecule has 16 heteroatoms. The van der Waals surface area contributed by atoms with E-state index in [0.29, 0.717) is 19.3 Å². The van der Waals surface area contributed by atoms with Gasteiger partial charge in [-0.2, -0.15) is 0 Å².